The highest BCUT2D eigenvalue weighted by molar-refractivity contribution is 5.76. The van der Waals surface area contributed by atoms with Gasteiger partial charge in [0.2, 0.25) is 0 Å². The van der Waals surface area contributed by atoms with Crippen molar-refractivity contribution in [1.82, 2.24) is 10.2 Å². The molecule has 0 aliphatic rings. The molecule has 0 saturated heterocycles. The average Bonchev–Trinajstić information content (AvgIpc) is 2.31. The molecule has 1 atom stereocenters. The molecule has 0 rings (SSSR count). The molecule has 0 aromatic carbocycles. The Kier molecular flexibility index (Phi) is 6.51. The van der Waals surface area contributed by atoms with E-state index in [9.17, 15) is 14.7 Å². The van der Waals surface area contributed by atoms with E-state index in [4.69, 9.17) is 0 Å². The van der Waals surface area contributed by atoms with Gasteiger partial charge in [-0.05, 0) is 32.1 Å². The molecule has 118 valence electrons. The summed E-state index contributed by atoms with van der Waals surface area (Å²) in [5.74, 6) is -1.42. The minimum Gasteiger partial charge on any atom is -0.481 e. The first-order valence-electron chi connectivity index (χ1n) is 7.15. The highest BCUT2D eigenvalue weighted by atomic mass is 16.4. The highest BCUT2D eigenvalue weighted by Gasteiger charge is 2.28. The van der Waals surface area contributed by atoms with Gasteiger partial charge in [0, 0.05) is 19.1 Å². The molecule has 0 saturated carbocycles. The number of hydrogen-bond donors (Lipinski definition) is 2. The summed E-state index contributed by atoms with van der Waals surface area (Å²) in [6, 6.07) is -0.225. The summed E-state index contributed by atoms with van der Waals surface area (Å²) in [7, 11) is 1.73. The van der Waals surface area contributed by atoms with Crippen LogP contribution in [0.1, 0.15) is 54.4 Å². The molecule has 0 aromatic rings. The maximum atomic E-state index is 12.1. The third kappa shape index (κ3) is 6.26. The van der Waals surface area contributed by atoms with Gasteiger partial charge >= 0.3 is 12.0 Å². The highest BCUT2D eigenvalue weighted by Crippen LogP contribution is 2.24. The van der Waals surface area contributed by atoms with Crippen LogP contribution in [-0.2, 0) is 4.79 Å². The van der Waals surface area contributed by atoms with Crippen LogP contribution in [0, 0.1) is 11.3 Å². The van der Waals surface area contributed by atoms with E-state index in [1.54, 1.807) is 11.9 Å². The summed E-state index contributed by atoms with van der Waals surface area (Å²) in [5.41, 5.74) is -0.324. The summed E-state index contributed by atoms with van der Waals surface area (Å²) in [4.78, 5) is 24.9. The zero-order valence-corrected chi connectivity index (χ0v) is 13.9. The number of amides is 2. The van der Waals surface area contributed by atoms with Crippen LogP contribution in [0.25, 0.3) is 0 Å². The van der Waals surface area contributed by atoms with Crippen molar-refractivity contribution in [2.45, 2.75) is 59.9 Å². The van der Waals surface area contributed by atoms with E-state index in [1.807, 2.05) is 41.5 Å². The molecule has 1 unspecified atom stereocenters. The van der Waals surface area contributed by atoms with Crippen LogP contribution < -0.4 is 5.32 Å². The van der Waals surface area contributed by atoms with E-state index < -0.39 is 11.9 Å². The summed E-state index contributed by atoms with van der Waals surface area (Å²) >= 11 is 0. The Morgan fingerprint density at radius 1 is 1.20 bits per heavy atom. The lowest BCUT2D eigenvalue weighted by Gasteiger charge is -2.35. The Morgan fingerprint density at radius 3 is 2.05 bits per heavy atom. The van der Waals surface area contributed by atoms with Crippen molar-refractivity contribution >= 4 is 12.0 Å². The van der Waals surface area contributed by atoms with Gasteiger partial charge in [0.1, 0.15) is 0 Å². The fraction of sp³-hybridized carbons (Fsp3) is 0.867. The van der Waals surface area contributed by atoms with Gasteiger partial charge < -0.3 is 15.3 Å². The van der Waals surface area contributed by atoms with Crippen LogP contribution in [0.3, 0.4) is 0 Å². The minimum absolute atomic E-state index is 0.0810. The molecule has 5 nitrogen and oxygen atoms in total. The van der Waals surface area contributed by atoms with Crippen molar-refractivity contribution in [2.24, 2.45) is 11.3 Å². The van der Waals surface area contributed by atoms with Gasteiger partial charge in [-0.3, -0.25) is 4.79 Å². The molecule has 0 radical (unpaired) electrons. The number of carbonyl (C=O) groups excluding carboxylic acids is 1. The Bertz CT molecular complexity index is 346. The molecular weight excluding hydrogens is 256 g/mol. The van der Waals surface area contributed by atoms with Crippen molar-refractivity contribution < 1.29 is 14.7 Å². The maximum Gasteiger partial charge on any atom is 0.317 e. The van der Waals surface area contributed by atoms with E-state index in [-0.39, 0.29) is 23.5 Å². The van der Waals surface area contributed by atoms with E-state index in [2.05, 4.69) is 5.32 Å². The second-order valence-corrected chi connectivity index (χ2v) is 7.21. The van der Waals surface area contributed by atoms with E-state index in [0.717, 1.165) is 6.42 Å². The third-order valence-electron chi connectivity index (χ3n) is 3.79. The van der Waals surface area contributed by atoms with Crippen LogP contribution in [-0.4, -0.2) is 41.1 Å². The average molecular weight is 286 g/mol. The first kappa shape index (κ1) is 18.7. The standard InChI is InChI=1S/C15H30N2O3/c1-8-15(5,6)17(7)13(20)16-10-11(12(18)19)9-14(2,3)4/h11H,8-10H2,1-7H3,(H,16,20)(H,18,19). The quantitative estimate of drug-likeness (QED) is 0.788. The SMILES string of the molecule is CCC(C)(C)N(C)C(=O)NCC(CC(C)(C)C)C(=O)O. The van der Waals surface area contributed by atoms with E-state index >= 15 is 0 Å². The van der Waals surface area contributed by atoms with Crippen molar-refractivity contribution in [2.75, 3.05) is 13.6 Å². The second kappa shape index (κ2) is 6.95. The maximum absolute atomic E-state index is 12.1. The Balaban J connectivity index is 4.57. The fourth-order valence-electron chi connectivity index (χ4n) is 1.83. The number of nitrogens with zero attached hydrogens (tertiary/aromatic N) is 1. The van der Waals surface area contributed by atoms with Crippen LogP contribution in [0.4, 0.5) is 4.79 Å². The number of carboxylic acid groups (broad SMARTS) is 1. The number of nitrogens with one attached hydrogen (secondary N) is 1. The summed E-state index contributed by atoms with van der Waals surface area (Å²) in [5, 5.41) is 12.0. The Labute approximate surface area is 122 Å². The van der Waals surface area contributed by atoms with Gasteiger partial charge in [-0.1, -0.05) is 27.7 Å². The zero-order valence-electron chi connectivity index (χ0n) is 13.9. The van der Waals surface area contributed by atoms with Crippen molar-refractivity contribution in [1.29, 1.82) is 0 Å². The van der Waals surface area contributed by atoms with Crippen molar-refractivity contribution in [3.63, 3.8) is 0 Å². The van der Waals surface area contributed by atoms with Crippen LogP contribution >= 0.6 is 0 Å². The molecule has 0 aromatic heterocycles. The van der Waals surface area contributed by atoms with Gasteiger partial charge in [0.05, 0.1) is 5.92 Å². The largest absolute Gasteiger partial charge is 0.481 e. The first-order chi connectivity index (χ1) is 8.90. The smallest absolute Gasteiger partial charge is 0.317 e. The molecule has 2 N–H and O–H groups in total. The predicted octanol–water partition coefficient (Wildman–Crippen LogP) is 2.95. The number of carbonyl (C=O) groups is 2. The lowest BCUT2D eigenvalue weighted by atomic mass is 9.84. The summed E-state index contributed by atoms with van der Waals surface area (Å²) in [6.07, 6.45) is 1.37. The van der Waals surface area contributed by atoms with E-state index in [1.165, 1.54) is 0 Å². The van der Waals surface area contributed by atoms with Crippen LogP contribution in [0.2, 0.25) is 0 Å². The van der Waals surface area contributed by atoms with Crippen molar-refractivity contribution in [3.8, 4) is 0 Å². The molecule has 20 heavy (non-hydrogen) atoms. The van der Waals surface area contributed by atoms with Crippen LogP contribution in [0.15, 0.2) is 0 Å². The third-order valence-corrected chi connectivity index (χ3v) is 3.79. The molecule has 0 spiro atoms. The van der Waals surface area contributed by atoms with E-state index in [0.29, 0.717) is 6.42 Å². The lowest BCUT2D eigenvalue weighted by molar-refractivity contribution is -0.142. The Hall–Kier alpha value is -1.26. The topological polar surface area (TPSA) is 69.6 Å². The lowest BCUT2D eigenvalue weighted by Crippen LogP contribution is -2.50. The van der Waals surface area contributed by atoms with Gasteiger partial charge in [-0.2, -0.15) is 0 Å². The second-order valence-electron chi connectivity index (χ2n) is 7.21. The van der Waals surface area contributed by atoms with Gasteiger partial charge in [0.25, 0.3) is 0 Å². The minimum atomic E-state index is -0.863. The van der Waals surface area contributed by atoms with Gasteiger partial charge in [0.15, 0.2) is 0 Å². The van der Waals surface area contributed by atoms with Crippen LogP contribution in [0.5, 0.6) is 0 Å². The molecule has 0 heterocycles. The first-order valence-corrected chi connectivity index (χ1v) is 7.15. The summed E-state index contributed by atoms with van der Waals surface area (Å²) < 4.78 is 0. The summed E-state index contributed by atoms with van der Waals surface area (Å²) in [6.45, 7) is 12.1. The molecule has 0 bridgehead atoms. The monoisotopic (exact) mass is 286 g/mol. The Morgan fingerprint density at radius 2 is 1.70 bits per heavy atom. The molecule has 2 amide bonds. The molecule has 5 heteroatoms. The number of carboxylic acids is 1. The van der Waals surface area contributed by atoms with Gasteiger partial charge in [-0.25, -0.2) is 4.79 Å². The molecular formula is C15H30N2O3. The normalized spacial score (nSPS) is 13.8. The molecule has 0 fully saturated rings. The van der Waals surface area contributed by atoms with Gasteiger partial charge in [-0.15, -0.1) is 0 Å². The predicted molar refractivity (Wildman–Crippen MR) is 80.7 cm³/mol. The zero-order chi connectivity index (χ0) is 16.1. The molecule has 0 aliphatic heterocycles. The number of urea groups is 1. The number of hydrogen-bond acceptors (Lipinski definition) is 2. The fourth-order valence-corrected chi connectivity index (χ4v) is 1.83. The number of aliphatic carboxylic acids is 1. The van der Waals surface area contributed by atoms with Crippen molar-refractivity contribution in [3.05, 3.63) is 0 Å². The number of rotatable bonds is 6. The molecule has 0 aliphatic carbocycles.